The largest absolute Gasteiger partial charge is 0.487 e. The molecule has 1 aromatic rings. The summed E-state index contributed by atoms with van der Waals surface area (Å²) < 4.78 is 6.24. The van der Waals surface area contributed by atoms with Gasteiger partial charge in [0.25, 0.3) is 0 Å². The molecule has 2 N–H and O–H groups in total. The maximum Gasteiger partial charge on any atom is 0.128 e. The lowest BCUT2D eigenvalue weighted by Crippen LogP contribution is -2.40. The average molecular weight is 288 g/mol. The molecular formula is C18H28N2O. The van der Waals surface area contributed by atoms with Crippen LogP contribution in [0.15, 0.2) is 18.2 Å². The van der Waals surface area contributed by atoms with E-state index in [2.05, 4.69) is 43.9 Å². The van der Waals surface area contributed by atoms with Crippen molar-refractivity contribution in [3.63, 3.8) is 0 Å². The fraction of sp³-hybridized carbons (Fsp3) is 0.667. The van der Waals surface area contributed by atoms with Crippen LogP contribution < -0.4 is 10.5 Å². The van der Waals surface area contributed by atoms with Crippen molar-refractivity contribution in [1.82, 2.24) is 4.90 Å². The van der Waals surface area contributed by atoms with E-state index < -0.39 is 0 Å². The summed E-state index contributed by atoms with van der Waals surface area (Å²) in [4.78, 5) is 2.55. The molecule has 0 amide bonds. The number of para-hydroxylation sites is 1. The topological polar surface area (TPSA) is 38.5 Å². The van der Waals surface area contributed by atoms with Crippen molar-refractivity contribution in [3.8, 4) is 5.75 Å². The van der Waals surface area contributed by atoms with Crippen LogP contribution in [0.5, 0.6) is 5.75 Å². The minimum absolute atomic E-state index is 0.0905. The number of nitrogens with zero attached hydrogens (tertiary/aromatic N) is 1. The molecule has 2 aliphatic heterocycles. The van der Waals surface area contributed by atoms with Crippen molar-refractivity contribution in [2.75, 3.05) is 19.6 Å². The van der Waals surface area contributed by atoms with E-state index in [9.17, 15) is 0 Å². The smallest absolute Gasteiger partial charge is 0.128 e. The molecular weight excluding hydrogens is 260 g/mol. The van der Waals surface area contributed by atoms with E-state index in [1.54, 1.807) is 0 Å². The SMILES string of the molecule is CC1CCCN(C(CN)c2cccc3c2OC(C)(C)C3)C1. The van der Waals surface area contributed by atoms with Gasteiger partial charge in [0.15, 0.2) is 0 Å². The van der Waals surface area contributed by atoms with Crippen LogP contribution in [0.4, 0.5) is 0 Å². The van der Waals surface area contributed by atoms with Gasteiger partial charge in [0.05, 0.1) is 6.04 Å². The van der Waals surface area contributed by atoms with Crippen molar-refractivity contribution in [3.05, 3.63) is 29.3 Å². The minimum Gasteiger partial charge on any atom is -0.487 e. The summed E-state index contributed by atoms with van der Waals surface area (Å²) in [6.45, 7) is 9.63. The maximum atomic E-state index is 6.24. The summed E-state index contributed by atoms with van der Waals surface area (Å²) in [6.07, 6.45) is 3.60. The van der Waals surface area contributed by atoms with Gasteiger partial charge in [-0.2, -0.15) is 0 Å². The molecule has 0 saturated carbocycles. The molecule has 2 heterocycles. The first-order valence-corrected chi connectivity index (χ1v) is 8.25. The van der Waals surface area contributed by atoms with Crippen LogP contribution in [0.2, 0.25) is 0 Å². The average Bonchev–Trinajstić information content (AvgIpc) is 2.74. The first-order chi connectivity index (χ1) is 10.00. The summed E-state index contributed by atoms with van der Waals surface area (Å²) in [6, 6.07) is 6.85. The Morgan fingerprint density at radius 3 is 2.95 bits per heavy atom. The van der Waals surface area contributed by atoms with Gasteiger partial charge in [-0.1, -0.05) is 25.1 Å². The molecule has 2 aliphatic rings. The Kier molecular flexibility index (Phi) is 3.98. The van der Waals surface area contributed by atoms with Gasteiger partial charge >= 0.3 is 0 Å². The summed E-state index contributed by atoms with van der Waals surface area (Å²) >= 11 is 0. The molecule has 0 radical (unpaired) electrons. The zero-order valence-corrected chi connectivity index (χ0v) is 13.6. The molecule has 2 atom stereocenters. The van der Waals surface area contributed by atoms with Crippen LogP contribution in [0.1, 0.15) is 50.8 Å². The third kappa shape index (κ3) is 2.95. The molecule has 1 saturated heterocycles. The number of nitrogens with two attached hydrogens (primary N) is 1. The molecule has 2 unspecified atom stereocenters. The van der Waals surface area contributed by atoms with Gasteiger partial charge in [-0.3, -0.25) is 4.90 Å². The molecule has 116 valence electrons. The predicted molar refractivity (Wildman–Crippen MR) is 86.6 cm³/mol. The number of rotatable bonds is 3. The molecule has 3 rings (SSSR count). The zero-order valence-electron chi connectivity index (χ0n) is 13.6. The van der Waals surface area contributed by atoms with Crippen molar-refractivity contribution in [1.29, 1.82) is 0 Å². The fourth-order valence-electron chi connectivity index (χ4n) is 3.88. The Bertz CT molecular complexity index is 512. The summed E-state index contributed by atoms with van der Waals surface area (Å²) in [7, 11) is 0. The first kappa shape index (κ1) is 14.9. The van der Waals surface area contributed by atoms with Crippen molar-refractivity contribution in [2.45, 2.75) is 51.7 Å². The minimum atomic E-state index is -0.0905. The van der Waals surface area contributed by atoms with Gasteiger partial charge in [-0.05, 0) is 44.7 Å². The van der Waals surface area contributed by atoms with Crippen LogP contribution in [0.3, 0.4) is 0 Å². The van der Waals surface area contributed by atoms with Gasteiger partial charge in [-0.15, -0.1) is 0 Å². The third-order valence-corrected chi connectivity index (χ3v) is 4.83. The lowest BCUT2D eigenvalue weighted by molar-refractivity contribution is 0.117. The van der Waals surface area contributed by atoms with E-state index in [0.717, 1.165) is 31.2 Å². The molecule has 0 aliphatic carbocycles. The molecule has 21 heavy (non-hydrogen) atoms. The number of piperidine rings is 1. The molecule has 0 aromatic heterocycles. The number of hydrogen-bond acceptors (Lipinski definition) is 3. The highest BCUT2D eigenvalue weighted by atomic mass is 16.5. The maximum absolute atomic E-state index is 6.24. The van der Waals surface area contributed by atoms with E-state index in [1.165, 1.54) is 24.0 Å². The number of likely N-dealkylation sites (tertiary alicyclic amines) is 1. The molecule has 1 aromatic carbocycles. The first-order valence-electron chi connectivity index (χ1n) is 8.25. The van der Waals surface area contributed by atoms with Crippen LogP contribution >= 0.6 is 0 Å². The lowest BCUT2D eigenvalue weighted by atomic mass is 9.94. The fourth-order valence-corrected chi connectivity index (χ4v) is 3.88. The van der Waals surface area contributed by atoms with E-state index in [0.29, 0.717) is 6.54 Å². The standard InChI is InChI=1S/C18H28N2O/c1-13-6-5-9-20(12-13)16(11-19)15-8-4-7-14-10-18(2,3)21-17(14)15/h4,7-8,13,16H,5-6,9-12,19H2,1-3H3. The van der Waals surface area contributed by atoms with Crippen molar-refractivity contribution >= 4 is 0 Å². The molecule has 0 bridgehead atoms. The third-order valence-electron chi connectivity index (χ3n) is 4.83. The van der Waals surface area contributed by atoms with Gasteiger partial charge in [0, 0.05) is 25.1 Å². The second kappa shape index (κ2) is 5.62. The Morgan fingerprint density at radius 1 is 1.43 bits per heavy atom. The highest BCUT2D eigenvalue weighted by Crippen LogP contribution is 2.41. The van der Waals surface area contributed by atoms with Crippen LogP contribution in [-0.4, -0.2) is 30.1 Å². The second-order valence-electron chi connectivity index (χ2n) is 7.37. The molecule has 0 spiro atoms. The quantitative estimate of drug-likeness (QED) is 0.928. The van der Waals surface area contributed by atoms with Crippen LogP contribution in [0, 0.1) is 5.92 Å². The normalized spacial score (nSPS) is 26.2. The second-order valence-corrected chi connectivity index (χ2v) is 7.37. The van der Waals surface area contributed by atoms with E-state index in [1.807, 2.05) is 0 Å². The summed E-state index contributed by atoms with van der Waals surface area (Å²) in [5.41, 5.74) is 8.68. The zero-order chi connectivity index (χ0) is 15.0. The summed E-state index contributed by atoms with van der Waals surface area (Å²) in [5, 5.41) is 0. The monoisotopic (exact) mass is 288 g/mol. The Balaban J connectivity index is 1.90. The van der Waals surface area contributed by atoms with Crippen LogP contribution in [-0.2, 0) is 6.42 Å². The number of ether oxygens (including phenoxy) is 1. The number of fused-ring (bicyclic) bond motifs is 1. The molecule has 1 fully saturated rings. The Hall–Kier alpha value is -1.06. The van der Waals surface area contributed by atoms with Gasteiger partial charge in [0.2, 0.25) is 0 Å². The highest BCUT2D eigenvalue weighted by molar-refractivity contribution is 5.47. The highest BCUT2D eigenvalue weighted by Gasteiger charge is 2.34. The predicted octanol–water partition coefficient (Wildman–Crippen LogP) is 3.13. The van der Waals surface area contributed by atoms with Crippen molar-refractivity contribution < 1.29 is 4.74 Å². The number of hydrogen-bond donors (Lipinski definition) is 1. The van der Waals surface area contributed by atoms with E-state index >= 15 is 0 Å². The molecule has 3 nitrogen and oxygen atoms in total. The Labute approximate surface area is 128 Å². The number of benzene rings is 1. The summed E-state index contributed by atoms with van der Waals surface area (Å²) in [5.74, 6) is 1.86. The molecule has 3 heteroatoms. The van der Waals surface area contributed by atoms with Crippen LogP contribution in [0.25, 0.3) is 0 Å². The van der Waals surface area contributed by atoms with Gasteiger partial charge in [0.1, 0.15) is 11.4 Å². The van der Waals surface area contributed by atoms with Gasteiger partial charge < -0.3 is 10.5 Å². The van der Waals surface area contributed by atoms with E-state index in [-0.39, 0.29) is 11.6 Å². The van der Waals surface area contributed by atoms with Gasteiger partial charge in [-0.25, -0.2) is 0 Å². The van der Waals surface area contributed by atoms with Crippen molar-refractivity contribution in [2.24, 2.45) is 11.7 Å². The van der Waals surface area contributed by atoms with E-state index in [4.69, 9.17) is 10.5 Å². The Morgan fingerprint density at radius 2 is 2.24 bits per heavy atom. The lowest BCUT2D eigenvalue weighted by Gasteiger charge is -2.37.